The van der Waals surface area contributed by atoms with Crippen LogP contribution >= 0.6 is 8.88 Å². The smallest absolute Gasteiger partial charge is 0.0240 e. The van der Waals surface area contributed by atoms with Gasteiger partial charge in [0, 0.05) is 35.1 Å². The van der Waals surface area contributed by atoms with Gasteiger partial charge in [-0.25, -0.2) is 0 Å². The molecule has 0 aromatic carbocycles. The summed E-state index contributed by atoms with van der Waals surface area (Å²) in [5, 5.41) is 0. The molecule has 76 valence electrons. The van der Waals surface area contributed by atoms with Crippen LogP contribution in [0.5, 0.6) is 0 Å². The van der Waals surface area contributed by atoms with Crippen molar-refractivity contribution in [2.24, 2.45) is 0 Å². The van der Waals surface area contributed by atoms with Crippen LogP contribution in [-0.2, 0) is 0 Å². The molecule has 13 heavy (non-hydrogen) atoms. The van der Waals surface area contributed by atoms with Crippen LogP contribution < -0.4 is 0 Å². The third-order valence-electron chi connectivity index (χ3n) is 2.34. The molecule has 0 amide bonds. The van der Waals surface area contributed by atoms with E-state index in [0.717, 1.165) is 8.88 Å². The second-order valence-electron chi connectivity index (χ2n) is 3.31. The fraction of sp³-hybridized carbons (Fsp3) is 0.800. The van der Waals surface area contributed by atoms with Gasteiger partial charge in [-0.2, -0.15) is 0 Å². The molecule has 0 saturated heterocycles. The highest BCUT2D eigenvalue weighted by Gasteiger charge is 2.08. The third kappa shape index (κ3) is 4.21. The van der Waals surface area contributed by atoms with Gasteiger partial charge in [0.25, 0.3) is 0 Å². The first-order valence-corrected chi connectivity index (χ1v) is 6.17. The van der Waals surface area contributed by atoms with Crippen molar-refractivity contribution >= 4 is 8.88 Å². The van der Waals surface area contributed by atoms with Crippen LogP contribution in [0.4, 0.5) is 0 Å². The topological polar surface area (TPSA) is 6.48 Å². The first-order valence-electron chi connectivity index (χ1n) is 5.28. The molecule has 0 atom stereocenters. The number of hydrogen-bond acceptors (Lipinski definition) is 2. The lowest BCUT2D eigenvalue weighted by atomic mass is 10.3. The minimum absolute atomic E-state index is 0.895. The van der Waals surface area contributed by atoms with Crippen LogP contribution in [0.2, 0.25) is 0 Å². The molecule has 0 aliphatic carbocycles. The zero-order valence-electron chi connectivity index (χ0n) is 8.79. The summed E-state index contributed by atoms with van der Waals surface area (Å²) in [5.41, 5.74) is 0. The SMILES string of the molecule is CCN1CC/C=C\CCN(CC)P1. The molecule has 1 rings (SSSR count). The van der Waals surface area contributed by atoms with Crippen LogP contribution in [-0.4, -0.2) is 35.5 Å². The Bertz CT molecular complexity index is 143. The predicted octanol–water partition coefficient (Wildman–Crippen LogP) is 2.49. The van der Waals surface area contributed by atoms with Crippen LogP contribution in [0, 0.1) is 0 Å². The Morgan fingerprint density at radius 1 is 1.00 bits per heavy atom. The lowest BCUT2D eigenvalue weighted by Gasteiger charge is -2.27. The average molecular weight is 200 g/mol. The van der Waals surface area contributed by atoms with Gasteiger partial charge in [0.1, 0.15) is 0 Å². The summed E-state index contributed by atoms with van der Waals surface area (Å²) in [6.07, 6.45) is 7.09. The molecule has 0 aromatic heterocycles. The molecule has 0 saturated carbocycles. The van der Waals surface area contributed by atoms with Crippen LogP contribution in [0.15, 0.2) is 12.2 Å². The highest BCUT2D eigenvalue weighted by molar-refractivity contribution is 7.32. The highest BCUT2D eigenvalue weighted by Crippen LogP contribution is 2.24. The predicted molar refractivity (Wildman–Crippen MR) is 61.2 cm³/mol. The normalized spacial score (nSPS) is 24.8. The van der Waals surface area contributed by atoms with E-state index in [9.17, 15) is 0 Å². The minimum atomic E-state index is 0.895. The Kier molecular flexibility index (Phi) is 5.61. The van der Waals surface area contributed by atoms with Gasteiger partial charge in [-0.05, 0) is 12.8 Å². The van der Waals surface area contributed by atoms with Crippen molar-refractivity contribution in [1.82, 2.24) is 9.34 Å². The average Bonchev–Trinajstić information content (AvgIpc) is 2.28. The van der Waals surface area contributed by atoms with Gasteiger partial charge >= 0.3 is 0 Å². The fourth-order valence-electron chi connectivity index (χ4n) is 1.45. The minimum Gasteiger partial charge on any atom is -0.272 e. The molecular formula is C10H21N2P. The van der Waals surface area contributed by atoms with Crippen molar-refractivity contribution in [2.45, 2.75) is 26.7 Å². The summed E-state index contributed by atoms with van der Waals surface area (Å²) >= 11 is 0. The van der Waals surface area contributed by atoms with E-state index < -0.39 is 0 Å². The van der Waals surface area contributed by atoms with Crippen LogP contribution in [0.1, 0.15) is 26.7 Å². The first kappa shape index (κ1) is 11.2. The number of rotatable bonds is 2. The van der Waals surface area contributed by atoms with Crippen molar-refractivity contribution in [1.29, 1.82) is 0 Å². The van der Waals surface area contributed by atoms with E-state index in [2.05, 4.69) is 35.3 Å². The van der Waals surface area contributed by atoms with Gasteiger partial charge in [-0.1, -0.05) is 26.0 Å². The van der Waals surface area contributed by atoms with Crippen molar-refractivity contribution < 1.29 is 0 Å². The summed E-state index contributed by atoms with van der Waals surface area (Å²) in [6, 6.07) is 0. The lowest BCUT2D eigenvalue weighted by Crippen LogP contribution is -2.23. The number of hydrogen-bond donors (Lipinski definition) is 0. The molecule has 0 bridgehead atoms. The maximum atomic E-state index is 2.54. The van der Waals surface area contributed by atoms with E-state index in [1.165, 1.54) is 39.0 Å². The van der Waals surface area contributed by atoms with Crippen molar-refractivity contribution in [3.8, 4) is 0 Å². The molecule has 1 aliphatic rings. The Labute approximate surface area is 83.9 Å². The third-order valence-corrected chi connectivity index (χ3v) is 3.99. The summed E-state index contributed by atoms with van der Waals surface area (Å²) in [5.74, 6) is 0. The summed E-state index contributed by atoms with van der Waals surface area (Å²) in [4.78, 5) is 0. The van der Waals surface area contributed by atoms with E-state index >= 15 is 0 Å². The van der Waals surface area contributed by atoms with Crippen LogP contribution in [0.3, 0.4) is 0 Å². The van der Waals surface area contributed by atoms with Gasteiger partial charge in [0.05, 0.1) is 0 Å². The fourth-order valence-corrected chi connectivity index (χ4v) is 2.60. The lowest BCUT2D eigenvalue weighted by molar-refractivity contribution is 0.427. The molecule has 0 fully saturated rings. The summed E-state index contributed by atoms with van der Waals surface area (Å²) < 4.78 is 5.08. The monoisotopic (exact) mass is 200 g/mol. The molecule has 0 unspecified atom stereocenters. The van der Waals surface area contributed by atoms with E-state index in [-0.39, 0.29) is 0 Å². The Morgan fingerprint density at radius 3 is 1.85 bits per heavy atom. The summed E-state index contributed by atoms with van der Waals surface area (Å²) in [6.45, 7) is 9.32. The quantitative estimate of drug-likeness (QED) is 0.499. The van der Waals surface area contributed by atoms with Gasteiger partial charge in [0.15, 0.2) is 0 Å². The van der Waals surface area contributed by atoms with Gasteiger partial charge in [-0.3, -0.25) is 9.34 Å². The second-order valence-corrected chi connectivity index (χ2v) is 4.77. The van der Waals surface area contributed by atoms with Gasteiger partial charge < -0.3 is 0 Å². The van der Waals surface area contributed by atoms with Crippen molar-refractivity contribution in [2.75, 3.05) is 26.2 Å². The van der Waals surface area contributed by atoms with E-state index in [4.69, 9.17) is 0 Å². The molecule has 1 heterocycles. The molecule has 0 spiro atoms. The molecular weight excluding hydrogens is 179 g/mol. The first-order chi connectivity index (χ1) is 6.36. The Balaban J connectivity index is 2.44. The van der Waals surface area contributed by atoms with Crippen molar-refractivity contribution in [3.63, 3.8) is 0 Å². The van der Waals surface area contributed by atoms with E-state index in [1.54, 1.807) is 0 Å². The standard InChI is InChI=1S/C10H21N2P/c1-3-11-9-7-5-6-8-10-12(4-2)13-11/h5-6,13H,3-4,7-10H2,1-2H3/b6-5-. The highest BCUT2D eigenvalue weighted by atomic mass is 31.1. The van der Waals surface area contributed by atoms with Crippen molar-refractivity contribution in [3.05, 3.63) is 12.2 Å². The maximum Gasteiger partial charge on any atom is 0.0240 e. The van der Waals surface area contributed by atoms with Gasteiger partial charge in [-0.15, -0.1) is 0 Å². The van der Waals surface area contributed by atoms with E-state index in [0.29, 0.717) is 0 Å². The van der Waals surface area contributed by atoms with Crippen LogP contribution in [0.25, 0.3) is 0 Å². The molecule has 1 aliphatic heterocycles. The maximum absolute atomic E-state index is 2.54. The Hall–Kier alpha value is 0.0900. The Morgan fingerprint density at radius 2 is 1.46 bits per heavy atom. The zero-order chi connectivity index (χ0) is 9.52. The molecule has 0 radical (unpaired) electrons. The van der Waals surface area contributed by atoms with E-state index in [1.807, 2.05) is 0 Å². The molecule has 2 nitrogen and oxygen atoms in total. The second kappa shape index (κ2) is 6.53. The number of nitrogens with zero attached hydrogens (tertiary/aromatic N) is 2. The largest absolute Gasteiger partial charge is 0.272 e. The molecule has 0 N–H and O–H groups in total. The zero-order valence-corrected chi connectivity index (χ0v) is 9.79. The molecule has 3 heteroatoms. The molecule has 0 aromatic rings. The van der Waals surface area contributed by atoms with Gasteiger partial charge in [0.2, 0.25) is 0 Å². The summed E-state index contributed by atoms with van der Waals surface area (Å²) in [7, 11) is 0.895.